The minimum atomic E-state index is 0.0779. The van der Waals surface area contributed by atoms with E-state index in [1.54, 1.807) is 12.1 Å². The third kappa shape index (κ3) is 2.64. The predicted molar refractivity (Wildman–Crippen MR) is 64.5 cm³/mol. The molecule has 17 heavy (non-hydrogen) atoms. The van der Waals surface area contributed by atoms with Crippen molar-refractivity contribution in [2.75, 3.05) is 11.3 Å². The first-order valence-corrected chi connectivity index (χ1v) is 4.97. The van der Waals surface area contributed by atoms with Crippen LogP contribution in [0.25, 0.3) is 0 Å². The molecular formula is C9H9ClN6O. The number of phenolic OH excluding ortho intramolecular Hbond substituents is 1. The van der Waals surface area contributed by atoms with E-state index in [1.165, 1.54) is 23.3 Å². The zero-order valence-corrected chi connectivity index (χ0v) is 9.33. The van der Waals surface area contributed by atoms with Gasteiger partial charge < -0.3 is 10.9 Å². The number of nitrogen functional groups attached to an aromatic ring is 1. The Hall–Kier alpha value is -2.28. The van der Waals surface area contributed by atoms with E-state index in [0.29, 0.717) is 10.6 Å². The minimum Gasteiger partial charge on any atom is -0.507 e. The first kappa shape index (κ1) is 11.2. The fourth-order valence-electron chi connectivity index (χ4n) is 1.11. The van der Waals surface area contributed by atoms with Gasteiger partial charge in [-0.15, -0.1) is 10.2 Å². The van der Waals surface area contributed by atoms with Crippen molar-refractivity contribution >= 4 is 23.8 Å². The lowest BCUT2D eigenvalue weighted by molar-refractivity contribution is 0.474. The van der Waals surface area contributed by atoms with Gasteiger partial charge in [-0.05, 0) is 18.2 Å². The van der Waals surface area contributed by atoms with E-state index in [2.05, 4.69) is 20.7 Å². The van der Waals surface area contributed by atoms with Gasteiger partial charge in [-0.3, -0.25) is 0 Å². The molecule has 2 aromatic rings. The Kier molecular flexibility index (Phi) is 3.10. The third-order valence-corrected chi connectivity index (χ3v) is 2.17. The van der Waals surface area contributed by atoms with Gasteiger partial charge in [-0.25, -0.2) is 10.1 Å². The van der Waals surface area contributed by atoms with Crippen LogP contribution in [0.4, 0.5) is 5.95 Å². The van der Waals surface area contributed by atoms with Crippen LogP contribution in [0.2, 0.25) is 5.02 Å². The number of rotatable bonds is 3. The maximum Gasteiger partial charge on any atom is 0.263 e. The number of nitrogens with zero attached hydrogens (tertiary/aromatic N) is 4. The molecular weight excluding hydrogens is 244 g/mol. The Bertz CT molecular complexity index is 552. The van der Waals surface area contributed by atoms with Gasteiger partial charge in [0.2, 0.25) is 0 Å². The highest BCUT2D eigenvalue weighted by Crippen LogP contribution is 2.19. The number of hydrogen-bond donors (Lipinski definition) is 3. The van der Waals surface area contributed by atoms with Gasteiger partial charge in [0.25, 0.3) is 5.95 Å². The molecule has 1 aromatic heterocycles. The number of aromatic hydroxyl groups is 1. The quantitative estimate of drug-likeness (QED) is 0.426. The van der Waals surface area contributed by atoms with Crippen LogP contribution in [0, 0.1) is 0 Å². The highest BCUT2D eigenvalue weighted by molar-refractivity contribution is 6.30. The number of halogens is 1. The molecule has 0 aliphatic carbocycles. The molecule has 1 aromatic carbocycles. The maximum absolute atomic E-state index is 9.51. The molecule has 0 aliphatic rings. The molecule has 7 nitrogen and oxygen atoms in total. The summed E-state index contributed by atoms with van der Waals surface area (Å²) in [5.41, 5.74) is 3.05. The van der Waals surface area contributed by atoms with E-state index < -0.39 is 0 Å². The predicted octanol–water partition coefficient (Wildman–Crippen LogP) is 0.797. The Morgan fingerprint density at radius 2 is 2.35 bits per heavy atom. The summed E-state index contributed by atoms with van der Waals surface area (Å²) in [6, 6.07) is 4.64. The first-order chi connectivity index (χ1) is 8.16. The van der Waals surface area contributed by atoms with Crippen LogP contribution in [-0.4, -0.2) is 26.2 Å². The fraction of sp³-hybridized carbons (Fsp3) is 0. The number of anilines is 1. The van der Waals surface area contributed by atoms with Crippen LogP contribution in [0.15, 0.2) is 29.6 Å². The summed E-state index contributed by atoms with van der Waals surface area (Å²) in [6.07, 6.45) is 2.73. The van der Waals surface area contributed by atoms with Gasteiger partial charge in [0.15, 0.2) is 0 Å². The molecule has 0 radical (unpaired) electrons. The molecule has 4 N–H and O–H groups in total. The Labute approximate surface area is 102 Å². The molecule has 0 spiro atoms. The Morgan fingerprint density at radius 1 is 1.53 bits per heavy atom. The van der Waals surface area contributed by atoms with E-state index in [0.717, 1.165) is 0 Å². The lowest BCUT2D eigenvalue weighted by Gasteiger charge is -2.00. The SMILES string of the molecule is Nn1cnnc1NN=Cc1cc(Cl)ccc1O. The molecule has 0 unspecified atom stereocenters. The van der Waals surface area contributed by atoms with Crippen LogP contribution >= 0.6 is 11.6 Å². The molecule has 1 heterocycles. The van der Waals surface area contributed by atoms with Gasteiger partial charge in [0.1, 0.15) is 12.1 Å². The van der Waals surface area contributed by atoms with Gasteiger partial charge in [0, 0.05) is 10.6 Å². The molecule has 0 amide bonds. The van der Waals surface area contributed by atoms with Gasteiger partial charge >= 0.3 is 0 Å². The number of phenols is 1. The zero-order chi connectivity index (χ0) is 12.3. The summed E-state index contributed by atoms with van der Waals surface area (Å²) < 4.78 is 1.18. The monoisotopic (exact) mass is 252 g/mol. The molecule has 2 rings (SSSR count). The lowest BCUT2D eigenvalue weighted by Crippen LogP contribution is -2.10. The van der Waals surface area contributed by atoms with E-state index in [1.807, 2.05) is 0 Å². The molecule has 0 saturated carbocycles. The standard InChI is InChI=1S/C9H9ClN6O/c10-7-1-2-8(17)6(3-7)4-12-14-9-15-13-5-16(9)11/h1-5,17H,11H2,(H,14,15). The van der Waals surface area contributed by atoms with Crippen molar-refractivity contribution in [3.8, 4) is 5.75 Å². The molecule has 88 valence electrons. The van der Waals surface area contributed by atoms with Gasteiger partial charge in [-0.1, -0.05) is 11.6 Å². The zero-order valence-electron chi connectivity index (χ0n) is 8.58. The van der Waals surface area contributed by atoms with Gasteiger partial charge in [-0.2, -0.15) is 5.10 Å². The number of nitrogens with two attached hydrogens (primary N) is 1. The smallest absolute Gasteiger partial charge is 0.263 e. The summed E-state index contributed by atoms with van der Waals surface area (Å²) in [5, 5.41) is 21.1. The largest absolute Gasteiger partial charge is 0.507 e. The van der Waals surface area contributed by atoms with E-state index in [9.17, 15) is 5.11 Å². The second kappa shape index (κ2) is 4.71. The highest BCUT2D eigenvalue weighted by Gasteiger charge is 2.00. The van der Waals surface area contributed by atoms with Crippen molar-refractivity contribution in [1.82, 2.24) is 14.9 Å². The average Bonchev–Trinajstić information content (AvgIpc) is 2.70. The van der Waals surface area contributed by atoms with Crippen molar-refractivity contribution in [2.24, 2.45) is 5.10 Å². The van der Waals surface area contributed by atoms with Crippen molar-refractivity contribution in [2.45, 2.75) is 0 Å². The summed E-state index contributed by atoms with van der Waals surface area (Å²) in [7, 11) is 0. The van der Waals surface area contributed by atoms with E-state index in [-0.39, 0.29) is 11.7 Å². The maximum atomic E-state index is 9.51. The van der Waals surface area contributed by atoms with Crippen LogP contribution in [0.5, 0.6) is 5.75 Å². The molecule has 8 heteroatoms. The van der Waals surface area contributed by atoms with Crippen LogP contribution in [0.1, 0.15) is 5.56 Å². The first-order valence-electron chi connectivity index (χ1n) is 4.59. The summed E-state index contributed by atoms with van der Waals surface area (Å²) in [6.45, 7) is 0. The normalized spacial score (nSPS) is 10.9. The van der Waals surface area contributed by atoms with Crippen LogP contribution in [-0.2, 0) is 0 Å². The second-order valence-corrected chi connectivity index (χ2v) is 3.57. The summed E-state index contributed by atoms with van der Waals surface area (Å²) >= 11 is 5.78. The van der Waals surface area contributed by atoms with E-state index >= 15 is 0 Å². The summed E-state index contributed by atoms with van der Waals surface area (Å²) in [4.78, 5) is 0. The van der Waals surface area contributed by atoms with Crippen molar-refractivity contribution < 1.29 is 5.11 Å². The second-order valence-electron chi connectivity index (χ2n) is 3.13. The van der Waals surface area contributed by atoms with Crippen molar-refractivity contribution in [3.63, 3.8) is 0 Å². The average molecular weight is 253 g/mol. The number of benzene rings is 1. The van der Waals surface area contributed by atoms with Crippen molar-refractivity contribution in [1.29, 1.82) is 0 Å². The van der Waals surface area contributed by atoms with Gasteiger partial charge in [0.05, 0.1) is 6.21 Å². The number of hydrogen-bond acceptors (Lipinski definition) is 6. The molecule has 0 atom stereocenters. The van der Waals surface area contributed by atoms with Crippen LogP contribution in [0.3, 0.4) is 0 Å². The minimum absolute atomic E-state index is 0.0779. The fourth-order valence-corrected chi connectivity index (χ4v) is 1.29. The highest BCUT2D eigenvalue weighted by atomic mass is 35.5. The van der Waals surface area contributed by atoms with Crippen LogP contribution < -0.4 is 11.3 Å². The Balaban J connectivity index is 2.10. The number of hydrazone groups is 1. The number of nitrogens with one attached hydrogen (secondary N) is 1. The summed E-state index contributed by atoms with van der Waals surface area (Å²) in [5.74, 6) is 5.82. The Morgan fingerprint density at radius 3 is 3.06 bits per heavy atom. The third-order valence-electron chi connectivity index (χ3n) is 1.93. The molecule has 0 aliphatic heterocycles. The number of aromatic nitrogens is 3. The molecule has 0 fully saturated rings. The topological polar surface area (TPSA) is 101 Å². The molecule has 0 saturated heterocycles. The van der Waals surface area contributed by atoms with E-state index in [4.69, 9.17) is 17.4 Å². The molecule has 0 bridgehead atoms. The lowest BCUT2D eigenvalue weighted by atomic mass is 10.2. The van der Waals surface area contributed by atoms with Crippen molar-refractivity contribution in [3.05, 3.63) is 35.1 Å².